The number of likely N-dealkylation sites (N-methyl/N-ethyl adjacent to an activating group) is 1. The summed E-state index contributed by atoms with van der Waals surface area (Å²) in [5, 5.41) is 17.9. The molecule has 2 aromatic carbocycles. The molecule has 0 amide bonds. The van der Waals surface area contributed by atoms with Gasteiger partial charge in [-0.05, 0) is 80.6 Å². The summed E-state index contributed by atoms with van der Waals surface area (Å²) in [4.78, 5) is 0. The number of aliphatic hydroxyl groups is 1. The van der Waals surface area contributed by atoms with Crippen LogP contribution in [-0.4, -0.2) is 56.6 Å². The van der Waals surface area contributed by atoms with Crippen LogP contribution in [0.2, 0.25) is 0 Å². The lowest BCUT2D eigenvalue weighted by Crippen LogP contribution is -2.42. The third-order valence-corrected chi connectivity index (χ3v) is 8.10. The zero-order valence-corrected chi connectivity index (χ0v) is 27.8. The van der Waals surface area contributed by atoms with E-state index in [9.17, 15) is 0 Å². The third kappa shape index (κ3) is 19.5. The molecule has 0 aliphatic carbocycles. The number of nitrogens with zero attached hydrogens (tertiary/aromatic N) is 3. The van der Waals surface area contributed by atoms with Gasteiger partial charge in [0.05, 0.1) is 51.8 Å². The molecule has 0 aliphatic rings. The number of hydrogen-bond donors (Lipinski definition) is 1. The maximum Gasteiger partial charge on any atom is 0.119 e. The number of hydrogen-bond acceptors (Lipinski definition) is 5. The Balaban J connectivity index is 1.49. The summed E-state index contributed by atoms with van der Waals surface area (Å²) >= 11 is 0. The molecule has 0 saturated carbocycles. The molecule has 0 atom stereocenters. The van der Waals surface area contributed by atoms with E-state index in [1.165, 1.54) is 89.9 Å². The smallest absolute Gasteiger partial charge is 0.119 e. The van der Waals surface area contributed by atoms with Crippen molar-refractivity contribution < 1.29 is 19.1 Å². The van der Waals surface area contributed by atoms with Gasteiger partial charge in [-0.15, -0.1) is 0 Å². The maximum atomic E-state index is 9.12. The van der Waals surface area contributed by atoms with Crippen molar-refractivity contribution in [1.29, 1.82) is 0 Å². The maximum absolute atomic E-state index is 9.12. The highest BCUT2D eigenvalue weighted by Gasteiger charge is 2.12. The van der Waals surface area contributed by atoms with Gasteiger partial charge in [-0.1, -0.05) is 84.0 Å². The third-order valence-electron chi connectivity index (χ3n) is 8.10. The van der Waals surface area contributed by atoms with Crippen molar-refractivity contribution in [3.05, 3.63) is 48.5 Å². The lowest BCUT2D eigenvalue weighted by Gasteiger charge is -2.28. The molecule has 0 saturated heterocycles. The predicted molar refractivity (Wildman–Crippen MR) is 181 cm³/mol. The number of unbranched alkanes of at least 4 members (excludes halogenated alkanes) is 15. The first kappa shape index (κ1) is 36.8. The molecule has 0 spiro atoms. The normalized spacial score (nSPS) is 11.8. The van der Waals surface area contributed by atoms with E-state index in [2.05, 4.69) is 31.2 Å². The molecule has 0 aromatic heterocycles. The largest absolute Gasteiger partial charge is 0.494 e. The Morgan fingerprint density at radius 1 is 0.512 bits per heavy atom. The van der Waals surface area contributed by atoms with E-state index >= 15 is 0 Å². The topological polar surface area (TPSA) is 63.4 Å². The standard InChI is InChI=1S/C37H62N3O3/c1-4-5-6-7-8-9-10-11-12-13-14-16-19-32-42-36-25-21-34(22-26-36)38-39-35-23-27-37(28-24-35)43-33-20-17-15-18-29-40(2,3)30-31-41/h21-28,41H,4-20,29-33H2,1-3H3/q+1. The zero-order valence-electron chi connectivity index (χ0n) is 27.8. The number of aliphatic hydroxyl groups excluding tert-OH is 1. The molecule has 2 rings (SSSR count). The Bertz CT molecular complexity index is 945. The molecule has 0 radical (unpaired) electrons. The highest BCUT2D eigenvalue weighted by molar-refractivity contribution is 5.44. The van der Waals surface area contributed by atoms with Crippen molar-refractivity contribution in [3.8, 4) is 11.5 Å². The van der Waals surface area contributed by atoms with Crippen LogP contribution in [0.1, 0.15) is 116 Å². The molecular weight excluding hydrogens is 534 g/mol. The van der Waals surface area contributed by atoms with Gasteiger partial charge in [0.25, 0.3) is 0 Å². The van der Waals surface area contributed by atoms with Crippen molar-refractivity contribution >= 4 is 11.4 Å². The number of ether oxygens (including phenoxy) is 2. The fourth-order valence-corrected chi connectivity index (χ4v) is 5.21. The molecule has 0 fully saturated rings. The van der Waals surface area contributed by atoms with Crippen molar-refractivity contribution in [2.24, 2.45) is 10.2 Å². The molecule has 242 valence electrons. The van der Waals surface area contributed by atoms with Gasteiger partial charge in [0.15, 0.2) is 0 Å². The Morgan fingerprint density at radius 2 is 0.884 bits per heavy atom. The van der Waals surface area contributed by atoms with Gasteiger partial charge in [0.1, 0.15) is 18.0 Å². The zero-order chi connectivity index (χ0) is 30.9. The predicted octanol–water partition coefficient (Wildman–Crippen LogP) is 10.6. The lowest BCUT2D eigenvalue weighted by molar-refractivity contribution is -0.890. The molecule has 0 bridgehead atoms. The minimum absolute atomic E-state index is 0.253. The number of rotatable bonds is 27. The first-order chi connectivity index (χ1) is 21.0. The van der Waals surface area contributed by atoms with Gasteiger partial charge in [-0.25, -0.2) is 0 Å². The summed E-state index contributed by atoms with van der Waals surface area (Å²) in [6.07, 6.45) is 22.3. The quantitative estimate of drug-likeness (QED) is 0.0634. The molecule has 1 N–H and O–H groups in total. The van der Waals surface area contributed by atoms with Gasteiger partial charge < -0.3 is 19.1 Å². The van der Waals surface area contributed by atoms with Crippen molar-refractivity contribution in [2.75, 3.05) is 47.0 Å². The highest BCUT2D eigenvalue weighted by atomic mass is 16.5. The molecule has 0 unspecified atom stereocenters. The molecule has 2 aromatic rings. The van der Waals surface area contributed by atoms with E-state index < -0.39 is 0 Å². The second-order valence-electron chi connectivity index (χ2n) is 12.6. The Hall–Kier alpha value is -2.44. The van der Waals surface area contributed by atoms with Crippen molar-refractivity contribution in [2.45, 2.75) is 116 Å². The molecule has 6 nitrogen and oxygen atoms in total. The first-order valence-electron chi connectivity index (χ1n) is 17.3. The second kappa shape index (κ2) is 23.9. The monoisotopic (exact) mass is 596 g/mol. The van der Waals surface area contributed by atoms with Crippen molar-refractivity contribution in [1.82, 2.24) is 0 Å². The van der Waals surface area contributed by atoms with Crippen LogP contribution < -0.4 is 9.47 Å². The fourth-order valence-electron chi connectivity index (χ4n) is 5.21. The number of azo groups is 1. The highest BCUT2D eigenvalue weighted by Crippen LogP contribution is 2.23. The van der Waals surface area contributed by atoms with Gasteiger partial charge in [0.2, 0.25) is 0 Å². The summed E-state index contributed by atoms with van der Waals surface area (Å²) in [6, 6.07) is 15.6. The Labute approximate surface area is 263 Å². The molecule has 6 heteroatoms. The SMILES string of the molecule is CCCCCCCCCCCCCCCOc1ccc(N=Nc2ccc(OCCCCCC[N+](C)(C)CCO)cc2)cc1. The second-order valence-corrected chi connectivity index (χ2v) is 12.6. The summed E-state index contributed by atoms with van der Waals surface area (Å²) < 4.78 is 12.7. The van der Waals surface area contributed by atoms with Crippen LogP contribution in [0.15, 0.2) is 58.8 Å². The van der Waals surface area contributed by atoms with Crippen LogP contribution >= 0.6 is 0 Å². The van der Waals surface area contributed by atoms with E-state index in [1.54, 1.807) is 0 Å². The molecule has 43 heavy (non-hydrogen) atoms. The molecular formula is C37H62N3O3+. The van der Waals surface area contributed by atoms with Crippen LogP contribution in [0, 0.1) is 0 Å². The molecule has 0 aliphatic heterocycles. The van der Waals surface area contributed by atoms with Gasteiger partial charge in [-0.3, -0.25) is 0 Å². The van der Waals surface area contributed by atoms with E-state index in [0.717, 1.165) is 72.9 Å². The minimum atomic E-state index is 0.253. The summed E-state index contributed by atoms with van der Waals surface area (Å²) in [6.45, 7) is 5.96. The van der Waals surface area contributed by atoms with Crippen LogP contribution in [0.25, 0.3) is 0 Å². The average Bonchev–Trinajstić information content (AvgIpc) is 3.01. The van der Waals surface area contributed by atoms with Crippen LogP contribution in [0.4, 0.5) is 11.4 Å². The number of quaternary nitrogens is 1. The van der Waals surface area contributed by atoms with E-state index in [1.807, 2.05) is 48.5 Å². The van der Waals surface area contributed by atoms with Crippen LogP contribution in [0.5, 0.6) is 11.5 Å². The van der Waals surface area contributed by atoms with E-state index in [-0.39, 0.29) is 6.61 Å². The van der Waals surface area contributed by atoms with Crippen LogP contribution in [0.3, 0.4) is 0 Å². The first-order valence-corrected chi connectivity index (χ1v) is 17.3. The Kier molecular flexibility index (Phi) is 20.5. The molecule has 0 heterocycles. The van der Waals surface area contributed by atoms with E-state index in [4.69, 9.17) is 14.6 Å². The van der Waals surface area contributed by atoms with E-state index in [0.29, 0.717) is 0 Å². The van der Waals surface area contributed by atoms with Crippen LogP contribution in [-0.2, 0) is 0 Å². The fraction of sp³-hybridized carbons (Fsp3) is 0.676. The number of benzene rings is 2. The minimum Gasteiger partial charge on any atom is -0.494 e. The summed E-state index contributed by atoms with van der Waals surface area (Å²) in [5.41, 5.74) is 1.62. The van der Waals surface area contributed by atoms with Gasteiger partial charge in [0, 0.05) is 0 Å². The lowest BCUT2D eigenvalue weighted by atomic mass is 10.0. The summed E-state index contributed by atoms with van der Waals surface area (Å²) in [5.74, 6) is 1.76. The average molecular weight is 597 g/mol. The Morgan fingerprint density at radius 3 is 1.28 bits per heavy atom. The summed E-state index contributed by atoms with van der Waals surface area (Å²) in [7, 11) is 4.35. The van der Waals surface area contributed by atoms with Gasteiger partial charge in [-0.2, -0.15) is 10.2 Å². The van der Waals surface area contributed by atoms with Crippen molar-refractivity contribution in [3.63, 3.8) is 0 Å². The van der Waals surface area contributed by atoms with Gasteiger partial charge >= 0.3 is 0 Å².